The van der Waals surface area contributed by atoms with Gasteiger partial charge in [0.1, 0.15) is 11.7 Å². The number of halogens is 1. The SMILES string of the molecule is CC(C)CC(NC(=O)c1c(Cl)c2ccccc2n1C)C(=O)O. The van der Waals surface area contributed by atoms with Crippen molar-refractivity contribution < 1.29 is 14.7 Å². The van der Waals surface area contributed by atoms with E-state index < -0.39 is 17.9 Å². The van der Waals surface area contributed by atoms with E-state index >= 15 is 0 Å². The lowest BCUT2D eigenvalue weighted by molar-refractivity contribution is -0.139. The molecular formula is C16H19ClN2O3. The molecule has 1 heterocycles. The van der Waals surface area contributed by atoms with Crippen LogP contribution in [0.2, 0.25) is 5.02 Å². The van der Waals surface area contributed by atoms with Gasteiger partial charge in [-0.15, -0.1) is 0 Å². The average Bonchev–Trinajstić information content (AvgIpc) is 2.70. The molecule has 22 heavy (non-hydrogen) atoms. The molecule has 1 aromatic heterocycles. The maximum atomic E-state index is 12.5. The Labute approximate surface area is 133 Å². The van der Waals surface area contributed by atoms with E-state index in [-0.39, 0.29) is 11.6 Å². The van der Waals surface area contributed by atoms with Gasteiger partial charge in [0, 0.05) is 18.0 Å². The highest BCUT2D eigenvalue weighted by Crippen LogP contribution is 2.29. The predicted molar refractivity (Wildman–Crippen MR) is 86.3 cm³/mol. The number of rotatable bonds is 5. The topological polar surface area (TPSA) is 71.3 Å². The van der Waals surface area contributed by atoms with Crippen LogP contribution in [0.1, 0.15) is 30.8 Å². The standard InChI is InChI=1S/C16H19ClN2O3/c1-9(2)8-11(16(21)22)18-15(20)14-13(17)10-6-4-5-7-12(10)19(14)3/h4-7,9,11H,8H2,1-3H3,(H,18,20)(H,21,22). The van der Waals surface area contributed by atoms with E-state index in [1.807, 2.05) is 38.1 Å². The van der Waals surface area contributed by atoms with Crippen molar-refractivity contribution in [2.45, 2.75) is 26.3 Å². The summed E-state index contributed by atoms with van der Waals surface area (Å²) in [5.74, 6) is -1.36. The number of hydrogen-bond donors (Lipinski definition) is 2. The Morgan fingerprint density at radius 2 is 1.95 bits per heavy atom. The maximum Gasteiger partial charge on any atom is 0.326 e. The maximum absolute atomic E-state index is 12.5. The third kappa shape index (κ3) is 3.09. The summed E-state index contributed by atoms with van der Waals surface area (Å²) in [5.41, 5.74) is 1.10. The molecule has 5 nitrogen and oxygen atoms in total. The van der Waals surface area contributed by atoms with Crippen LogP contribution in [0.3, 0.4) is 0 Å². The van der Waals surface area contributed by atoms with Crippen molar-refractivity contribution in [3.05, 3.63) is 35.0 Å². The van der Waals surface area contributed by atoms with Gasteiger partial charge in [-0.1, -0.05) is 43.6 Å². The number of hydrogen-bond acceptors (Lipinski definition) is 2. The molecule has 0 aliphatic rings. The number of carboxylic acid groups (broad SMARTS) is 1. The molecule has 0 aliphatic heterocycles. The molecule has 0 saturated heterocycles. The molecule has 1 atom stereocenters. The lowest BCUT2D eigenvalue weighted by Gasteiger charge is -2.17. The van der Waals surface area contributed by atoms with Crippen LogP contribution in [-0.2, 0) is 11.8 Å². The van der Waals surface area contributed by atoms with Gasteiger partial charge in [-0.2, -0.15) is 0 Å². The van der Waals surface area contributed by atoms with Gasteiger partial charge in [-0.05, 0) is 18.4 Å². The summed E-state index contributed by atoms with van der Waals surface area (Å²) in [5, 5.41) is 12.9. The molecule has 1 unspecified atom stereocenters. The molecule has 6 heteroatoms. The summed E-state index contributed by atoms with van der Waals surface area (Å²) < 4.78 is 1.68. The van der Waals surface area contributed by atoms with Crippen LogP contribution < -0.4 is 5.32 Å². The number of fused-ring (bicyclic) bond motifs is 1. The van der Waals surface area contributed by atoms with Crippen molar-refractivity contribution in [3.8, 4) is 0 Å². The average molecular weight is 323 g/mol. The van der Waals surface area contributed by atoms with E-state index in [1.165, 1.54) is 0 Å². The van der Waals surface area contributed by atoms with Crippen molar-refractivity contribution in [2.75, 3.05) is 0 Å². The van der Waals surface area contributed by atoms with Crippen molar-refractivity contribution in [1.82, 2.24) is 9.88 Å². The smallest absolute Gasteiger partial charge is 0.326 e. The van der Waals surface area contributed by atoms with E-state index in [0.29, 0.717) is 11.4 Å². The zero-order valence-corrected chi connectivity index (χ0v) is 13.5. The molecule has 118 valence electrons. The van der Waals surface area contributed by atoms with E-state index in [4.69, 9.17) is 11.6 Å². The summed E-state index contributed by atoms with van der Waals surface area (Å²) in [7, 11) is 1.74. The first kappa shape index (κ1) is 16.4. The molecule has 2 aromatic rings. The lowest BCUT2D eigenvalue weighted by atomic mass is 10.0. The summed E-state index contributed by atoms with van der Waals surface area (Å²) >= 11 is 6.30. The monoisotopic (exact) mass is 322 g/mol. The molecule has 0 radical (unpaired) electrons. The number of nitrogens with one attached hydrogen (secondary N) is 1. The highest BCUT2D eigenvalue weighted by molar-refractivity contribution is 6.38. The zero-order valence-electron chi connectivity index (χ0n) is 12.8. The van der Waals surface area contributed by atoms with Gasteiger partial charge >= 0.3 is 5.97 Å². The summed E-state index contributed by atoms with van der Waals surface area (Å²) in [6.45, 7) is 3.82. The largest absolute Gasteiger partial charge is 0.480 e. The van der Waals surface area contributed by atoms with E-state index in [0.717, 1.165) is 10.9 Å². The van der Waals surface area contributed by atoms with Crippen molar-refractivity contribution in [3.63, 3.8) is 0 Å². The lowest BCUT2D eigenvalue weighted by Crippen LogP contribution is -2.42. The minimum atomic E-state index is -1.04. The molecule has 0 bridgehead atoms. The Morgan fingerprint density at radius 3 is 2.50 bits per heavy atom. The second-order valence-corrected chi connectivity index (χ2v) is 6.11. The number of benzene rings is 1. The molecule has 0 spiro atoms. The Balaban J connectivity index is 2.35. The van der Waals surface area contributed by atoms with Crippen molar-refractivity contribution in [1.29, 1.82) is 0 Å². The molecule has 2 N–H and O–H groups in total. The first-order valence-corrected chi connectivity index (χ1v) is 7.47. The van der Waals surface area contributed by atoms with Gasteiger partial charge in [-0.25, -0.2) is 4.79 Å². The first-order valence-electron chi connectivity index (χ1n) is 7.09. The number of carboxylic acids is 1. The number of aliphatic carboxylic acids is 1. The molecule has 1 amide bonds. The number of aryl methyl sites for hydroxylation is 1. The Bertz CT molecular complexity index is 682. The highest BCUT2D eigenvalue weighted by Gasteiger charge is 2.25. The molecule has 1 aromatic carbocycles. The van der Waals surface area contributed by atoms with E-state index in [1.54, 1.807) is 11.6 Å². The number of nitrogens with zero attached hydrogens (tertiary/aromatic N) is 1. The quantitative estimate of drug-likeness (QED) is 0.888. The number of carbonyl (C=O) groups is 2. The second kappa shape index (κ2) is 6.40. The molecule has 2 rings (SSSR count). The number of amides is 1. The van der Waals surface area contributed by atoms with Crippen LogP contribution in [0.5, 0.6) is 0 Å². The predicted octanol–water partition coefficient (Wildman–Crippen LogP) is 3.06. The fourth-order valence-electron chi connectivity index (χ4n) is 2.52. The first-order chi connectivity index (χ1) is 10.3. The van der Waals surface area contributed by atoms with Gasteiger partial charge in [0.25, 0.3) is 5.91 Å². The van der Waals surface area contributed by atoms with Crippen LogP contribution in [0, 0.1) is 5.92 Å². The number of aromatic nitrogens is 1. The van der Waals surface area contributed by atoms with E-state index in [9.17, 15) is 14.7 Å². The Morgan fingerprint density at radius 1 is 1.32 bits per heavy atom. The highest BCUT2D eigenvalue weighted by atomic mass is 35.5. The summed E-state index contributed by atoms with van der Waals surface area (Å²) in [6, 6.07) is 6.47. The number of para-hydroxylation sites is 1. The third-order valence-corrected chi connectivity index (χ3v) is 3.95. The number of carbonyl (C=O) groups excluding carboxylic acids is 1. The minimum absolute atomic E-state index is 0.157. The zero-order chi connectivity index (χ0) is 16.4. The fourth-order valence-corrected chi connectivity index (χ4v) is 2.89. The normalized spacial score (nSPS) is 12.6. The van der Waals surface area contributed by atoms with Gasteiger partial charge in [-0.3, -0.25) is 4.79 Å². The third-order valence-electron chi connectivity index (χ3n) is 3.57. The van der Waals surface area contributed by atoms with E-state index in [2.05, 4.69) is 5.32 Å². The summed E-state index contributed by atoms with van der Waals surface area (Å²) in [4.78, 5) is 23.8. The van der Waals surface area contributed by atoms with Gasteiger partial charge in [0.15, 0.2) is 0 Å². The fraction of sp³-hybridized carbons (Fsp3) is 0.375. The van der Waals surface area contributed by atoms with Crippen LogP contribution in [0.15, 0.2) is 24.3 Å². The van der Waals surface area contributed by atoms with Crippen LogP contribution in [0.25, 0.3) is 10.9 Å². The minimum Gasteiger partial charge on any atom is -0.480 e. The summed E-state index contributed by atoms with van der Waals surface area (Å²) in [6.07, 6.45) is 0.364. The van der Waals surface area contributed by atoms with Crippen molar-refractivity contribution in [2.24, 2.45) is 13.0 Å². The van der Waals surface area contributed by atoms with Crippen LogP contribution in [-0.4, -0.2) is 27.6 Å². The molecular weight excluding hydrogens is 304 g/mol. The molecule has 0 saturated carbocycles. The molecule has 0 aliphatic carbocycles. The Hall–Kier alpha value is -2.01. The van der Waals surface area contributed by atoms with Gasteiger partial charge < -0.3 is 15.0 Å². The van der Waals surface area contributed by atoms with Crippen molar-refractivity contribution >= 4 is 34.4 Å². The molecule has 0 fully saturated rings. The Kier molecular flexibility index (Phi) is 4.76. The van der Waals surface area contributed by atoms with Crippen LogP contribution in [0.4, 0.5) is 0 Å². The van der Waals surface area contributed by atoms with Gasteiger partial charge in [0.2, 0.25) is 0 Å². The van der Waals surface area contributed by atoms with Crippen LogP contribution >= 0.6 is 11.6 Å². The van der Waals surface area contributed by atoms with Gasteiger partial charge in [0.05, 0.1) is 5.02 Å². The second-order valence-electron chi connectivity index (χ2n) is 5.73.